The number of morpholine rings is 1. The van der Waals surface area contributed by atoms with Crippen molar-refractivity contribution in [1.82, 2.24) is 5.32 Å². The monoisotopic (exact) mass is 225 g/mol. The van der Waals surface area contributed by atoms with E-state index in [2.05, 4.69) is 12.2 Å². The van der Waals surface area contributed by atoms with Crippen molar-refractivity contribution >= 4 is 5.78 Å². The van der Waals surface area contributed by atoms with Gasteiger partial charge in [-0.2, -0.15) is 0 Å². The molecule has 1 heterocycles. The lowest BCUT2D eigenvalue weighted by atomic mass is 9.74. The van der Waals surface area contributed by atoms with Gasteiger partial charge in [0.1, 0.15) is 0 Å². The standard InChI is InChI=1S/C13H23NO2/c1-2-10-5-3-4-6-11(10)13(15)12-9-16-8-7-14-12/h10-12,14H,2-9H2,1H3. The van der Waals surface area contributed by atoms with Gasteiger partial charge in [0.25, 0.3) is 0 Å². The van der Waals surface area contributed by atoms with Crippen LogP contribution in [-0.2, 0) is 9.53 Å². The van der Waals surface area contributed by atoms with E-state index in [-0.39, 0.29) is 12.0 Å². The van der Waals surface area contributed by atoms with Gasteiger partial charge in [0.15, 0.2) is 5.78 Å². The average molecular weight is 225 g/mol. The molecule has 1 aliphatic heterocycles. The van der Waals surface area contributed by atoms with Gasteiger partial charge in [-0.1, -0.05) is 26.2 Å². The third-order valence-corrected chi connectivity index (χ3v) is 4.06. The number of hydrogen-bond acceptors (Lipinski definition) is 3. The van der Waals surface area contributed by atoms with Crippen LogP contribution in [0.4, 0.5) is 0 Å². The molecule has 2 rings (SSSR count). The van der Waals surface area contributed by atoms with Gasteiger partial charge in [-0.3, -0.25) is 4.79 Å². The summed E-state index contributed by atoms with van der Waals surface area (Å²) in [6.45, 7) is 4.35. The first kappa shape index (κ1) is 12.1. The second kappa shape index (κ2) is 5.78. The second-order valence-electron chi connectivity index (χ2n) is 5.04. The highest BCUT2D eigenvalue weighted by atomic mass is 16.5. The third-order valence-electron chi connectivity index (χ3n) is 4.06. The van der Waals surface area contributed by atoms with Crippen molar-refractivity contribution in [3.63, 3.8) is 0 Å². The number of ether oxygens (including phenoxy) is 1. The van der Waals surface area contributed by atoms with Gasteiger partial charge >= 0.3 is 0 Å². The number of hydrogen-bond donors (Lipinski definition) is 1. The predicted octanol–water partition coefficient (Wildman–Crippen LogP) is 1.76. The smallest absolute Gasteiger partial charge is 0.155 e. The normalized spacial score (nSPS) is 35.9. The zero-order chi connectivity index (χ0) is 11.4. The second-order valence-corrected chi connectivity index (χ2v) is 5.04. The van der Waals surface area contributed by atoms with Crippen molar-refractivity contribution in [2.45, 2.75) is 45.1 Å². The maximum Gasteiger partial charge on any atom is 0.155 e. The van der Waals surface area contributed by atoms with Crippen LogP contribution in [0.3, 0.4) is 0 Å². The fourth-order valence-electron chi connectivity index (χ4n) is 3.08. The highest BCUT2D eigenvalue weighted by Crippen LogP contribution is 2.33. The summed E-state index contributed by atoms with van der Waals surface area (Å²) in [4.78, 5) is 12.4. The summed E-state index contributed by atoms with van der Waals surface area (Å²) < 4.78 is 5.38. The van der Waals surface area contributed by atoms with Crippen LogP contribution in [0.15, 0.2) is 0 Å². The first-order valence-electron chi connectivity index (χ1n) is 6.67. The number of rotatable bonds is 3. The maximum atomic E-state index is 12.4. The molecule has 0 amide bonds. The van der Waals surface area contributed by atoms with E-state index in [1.165, 1.54) is 19.3 Å². The highest BCUT2D eigenvalue weighted by Gasteiger charge is 2.34. The van der Waals surface area contributed by atoms with Gasteiger partial charge in [-0.05, 0) is 18.8 Å². The van der Waals surface area contributed by atoms with Crippen LogP contribution in [0, 0.1) is 11.8 Å². The summed E-state index contributed by atoms with van der Waals surface area (Å²) in [5.74, 6) is 1.31. The third kappa shape index (κ3) is 2.64. The molecule has 0 radical (unpaired) electrons. The summed E-state index contributed by atoms with van der Waals surface area (Å²) >= 11 is 0. The molecule has 3 nitrogen and oxygen atoms in total. The molecule has 92 valence electrons. The van der Waals surface area contributed by atoms with E-state index < -0.39 is 0 Å². The molecule has 0 aromatic heterocycles. The van der Waals surface area contributed by atoms with Crippen LogP contribution < -0.4 is 5.32 Å². The minimum absolute atomic E-state index is 0.0362. The van der Waals surface area contributed by atoms with Crippen molar-refractivity contribution in [3.05, 3.63) is 0 Å². The topological polar surface area (TPSA) is 38.3 Å². The molecule has 3 heteroatoms. The average Bonchev–Trinajstić information content (AvgIpc) is 2.39. The van der Waals surface area contributed by atoms with Crippen LogP contribution in [-0.4, -0.2) is 31.6 Å². The molecule has 3 atom stereocenters. The minimum Gasteiger partial charge on any atom is -0.378 e. The Morgan fingerprint density at radius 1 is 1.38 bits per heavy atom. The quantitative estimate of drug-likeness (QED) is 0.795. The molecule has 2 fully saturated rings. The van der Waals surface area contributed by atoms with Gasteiger partial charge < -0.3 is 10.1 Å². The Bertz CT molecular complexity index is 236. The van der Waals surface area contributed by atoms with Gasteiger partial charge in [-0.15, -0.1) is 0 Å². The summed E-state index contributed by atoms with van der Waals surface area (Å²) in [6.07, 6.45) is 6.00. The van der Waals surface area contributed by atoms with Crippen LogP contribution in [0.2, 0.25) is 0 Å². The SMILES string of the molecule is CCC1CCCCC1C(=O)C1COCCN1. The molecular formula is C13H23NO2. The van der Waals surface area contributed by atoms with E-state index in [0.29, 0.717) is 18.3 Å². The Morgan fingerprint density at radius 3 is 2.88 bits per heavy atom. The van der Waals surface area contributed by atoms with Crippen molar-refractivity contribution < 1.29 is 9.53 Å². The van der Waals surface area contributed by atoms with Gasteiger partial charge in [0, 0.05) is 12.5 Å². The number of carbonyl (C=O) groups excluding carboxylic acids is 1. The van der Waals surface area contributed by atoms with Gasteiger partial charge in [0.2, 0.25) is 0 Å². The molecule has 0 aromatic rings. The summed E-state index contributed by atoms with van der Waals surface area (Å²) in [5, 5.41) is 3.29. The first-order valence-corrected chi connectivity index (χ1v) is 6.67. The van der Waals surface area contributed by atoms with Crippen molar-refractivity contribution in [3.8, 4) is 0 Å². The Hall–Kier alpha value is -0.410. The lowest BCUT2D eigenvalue weighted by Crippen LogP contribution is -2.50. The van der Waals surface area contributed by atoms with Crippen LogP contribution in [0.25, 0.3) is 0 Å². The van der Waals surface area contributed by atoms with Crippen molar-refractivity contribution in [2.75, 3.05) is 19.8 Å². The number of ketones is 1. The van der Waals surface area contributed by atoms with E-state index in [1.807, 2.05) is 0 Å². The molecular weight excluding hydrogens is 202 g/mol. The number of nitrogens with one attached hydrogen (secondary N) is 1. The largest absolute Gasteiger partial charge is 0.378 e. The van der Waals surface area contributed by atoms with Crippen molar-refractivity contribution in [2.24, 2.45) is 11.8 Å². The Morgan fingerprint density at radius 2 is 2.19 bits per heavy atom. The number of Topliss-reactive ketones (excluding diaryl/α,β-unsaturated/α-hetero) is 1. The van der Waals surface area contributed by atoms with E-state index in [4.69, 9.17) is 4.74 Å². The minimum atomic E-state index is -0.0362. The van der Waals surface area contributed by atoms with E-state index in [0.717, 1.165) is 26.0 Å². The molecule has 0 spiro atoms. The Balaban J connectivity index is 1.95. The molecule has 1 saturated carbocycles. The fraction of sp³-hybridized carbons (Fsp3) is 0.923. The Labute approximate surface area is 97.9 Å². The van der Waals surface area contributed by atoms with Crippen LogP contribution in [0.5, 0.6) is 0 Å². The van der Waals surface area contributed by atoms with Gasteiger partial charge in [-0.25, -0.2) is 0 Å². The maximum absolute atomic E-state index is 12.4. The van der Waals surface area contributed by atoms with E-state index >= 15 is 0 Å². The molecule has 0 aromatic carbocycles. The Kier molecular flexibility index (Phi) is 4.36. The molecule has 1 aliphatic carbocycles. The van der Waals surface area contributed by atoms with Crippen LogP contribution >= 0.6 is 0 Å². The molecule has 3 unspecified atom stereocenters. The zero-order valence-corrected chi connectivity index (χ0v) is 10.2. The van der Waals surface area contributed by atoms with E-state index in [1.54, 1.807) is 0 Å². The molecule has 16 heavy (non-hydrogen) atoms. The molecule has 1 N–H and O–H groups in total. The summed E-state index contributed by atoms with van der Waals surface area (Å²) in [6, 6.07) is -0.0362. The lowest BCUT2D eigenvalue weighted by Gasteiger charge is -2.33. The fourth-order valence-corrected chi connectivity index (χ4v) is 3.08. The summed E-state index contributed by atoms with van der Waals surface area (Å²) in [5.41, 5.74) is 0. The highest BCUT2D eigenvalue weighted by molar-refractivity contribution is 5.86. The zero-order valence-electron chi connectivity index (χ0n) is 10.2. The number of carbonyl (C=O) groups is 1. The van der Waals surface area contributed by atoms with E-state index in [9.17, 15) is 4.79 Å². The summed E-state index contributed by atoms with van der Waals surface area (Å²) in [7, 11) is 0. The molecule has 1 saturated heterocycles. The lowest BCUT2D eigenvalue weighted by molar-refractivity contribution is -0.130. The molecule has 2 aliphatic rings. The molecule has 0 bridgehead atoms. The van der Waals surface area contributed by atoms with Crippen molar-refractivity contribution in [1.29, 1.82) is 0 Å². The first-order chi connectivity index (χ1) is 7.83. The predicted molar refractivity (Wildman–Crippen MR) is 63.4 cm³/mol. The van der Waals surface area contributed by atoms with Crippen LogP contribution in [0.1, 0.15) is 39.0 Å². The van der Waals surface area contributed by atoms with Gasteiger partial charge in [0.05, 0.1) is 19.3 Å².